The summed E-state index contributed by atoms with van der Waals surface area (Å²) in [6, 6.07) is 0. The highest BCUT2D eigenvalue weighted by Crippen LogP contribution is 2.70. The molecule has 0 heterocycles. The van der Waals surface area contributed by atoms with Gasteiger partial charge in [0.2, 0.25) is 0 Å². The lowest BCUT2D eigenvalue weighted by Gasteiger charge is -2.37. The molecule has 0 nitrogen and oxygen atoms in total. The third-order valence-corrected chi connectivity index (χ3v) is 12.8. The van der Waals surface area contributed by atoms with E-state index in [9.17, 15) is 0 Å². The first-order chi connectivity index (χ1) is 7.42. The molecule has 15 heavy (non-hydrogen) atoms. The lowest BCUT2D eigenvalue weighted by Crippen LogP contribution is -2.18. The first-order valence-corrected chi connectivity index (χ1v) is 11.8. The van der Waals surface area contributed by atoms with Crippen LogP contribution in [0.15, 0.2) is 0 Å². The molecule has 2 unspecified atom stereocenters. The molecule has 0 amide bonds. The molecule has 2 aliphatic carbocycles. The van der Waals surface area contributed by atoms with E-state index in [2.05, 4.69) is 8.93 Å². The van der Waals surface area contributed by atoms with Crippen molar-refractivity contribution in [2.45, 2.75) is 75.5 Å². The zero-order valence-electron chi connectivity index (χ0n) is 9.75. The van der Waals surface area contributed by atoms with Gasteiger partial charge >= 0.3 is 0 Å². The van der Waals surface area contributed by atoms with Crippen LogP contribution < -0.4 is 0 Å². The third-order valence-electron chi connectivity index (χ3n) is 4.09. The number of rotatable bonds is 3. The van der Waals surface area contributed by atoms with E-state index in [-0.39, 0.29) is 0 Å². The predicted molar refractivity (Wildman–Crippen MR) is 78.7 cm³/mol. The second-order valence-corrected chi connectivity index (χ2v) is 12.3. The molecule has 2 fully saturated rings. The highest BCUT2D eigenvalue weighted by atomic mass is 32.4. The number of hydrogen-bond acceptors (Lipinski definition) is 0. The van der Waals surface area contributed by atoms with Crippen LogP contribution in [0.25, 0.3) is 0 Å². The van der Waals surface area contributed by atoms with Crippen LogP contribution in [-0.2, 0) is 0 Å². The maximum Gasteiger partial charge on any atom is -0.0167 e. The maximum atomic E-state index is 3.09. The zero-order chi connectivity index (χ0) is 10.5. The monoisotopic (exact) mass is 262 g/mol. The van der Waals surface area contributed by atoms with E-state index < -0.39 is 0 Å². The minimum atomic E-state index is 0.396. The van der Waals surface area contributed by atoms with Gasteiger partial charge in [-0.3, -0.25) is 0 Å². The molecule has 3 heteroatoms. The molecule has 0 N–H and O–H groups in total. The second-order valence-electron chi connectivity index (χ2n) is 5.12. The van der Waals surface area contributed by atoms with Crippen molar-refractivity contribution >= 4 is 24.5 Å². The van der Waals surface area contributed by atoms with E-state index >= 15 is 0 Å². The second kappa shape index (κ2) is 6.89. The van der Waals surface area contributed by atoms with Crippen LogP contribution in [0.4, 0.5) is 0 Å². The summed E-state index contributed by atoms with van der Waals surface area (Å²) in [5.74, 6) is 0. The molecule has 2 rings (SSSR count). The molecule has 0 aromatic carbocycles. The summed E-state index contributed by atoms with van der Waals surface area (Å²) in [4.78, 5) is 0. The minimum absolute atomic E-state index is 0.396. The summed E-state index contributed by atoms with van der Waals surface area (Å²) in [6.45, 7) is 0. The number of hydrogen-bond donors (Lipinski definition) is 0. The first kappa shape index (κ1) is 12.7. The first-order valence-electron chi connectivity index (χ1n) is 6.66. The van der Waals surface area contributed by atoms with Crippen molar-refractivity contribution in [3.8, 4) is 0 Å². The van der Waals surface area contributed by atoms with Crippen LogP contribution in [-0.4, -0.2) is 11.3 Å². The Morgan fingerprint density at radius 2 is 1.13 bits per heavy atom. The van der Waals surface area contributed by atoms with Crippen LogP contribution in [0, 0.1) is 0 Å². The van der Waals surface area contributed by atoms with Gasteiger partial charge in [0.1, 0.15) is 0 Å². The average molecular weight is 262 g/mol. The van der Waals surface area contributed by atoms with Gasteiger partial charge in [0.15, 0.2) is 0 Å². The summed E-state index contributed by atoms with van der Waals surface area (Å²) in [5, 5.41) is 0. The molecule has 0 saturated heterocycles. The van der Waals surface area contributed by atoms with Gasteiger partial charge in [-0.2, -0.15) is 0 Å². The molecule has 0 aromatic heterocycles. The summed E-state index contributed by atoms with van der Waals surface area (Å²) < 4.78 is 0. The van der Waals surface area contributed by atoms with Gasteiger partial charge in [0, 0.05) is 0 Å². The van der Waals surface area contributed by atoms with Crippen molar-refractivity contribution in [1.29, 1.82) is 0 Å². The fourth-order valence-corrected chi connectivity index (χ4v) is 12.7. The average Bonchev–Trinajstić information content (AvgIpc) is 2.33. The van der Waals surface area contributed by atoms with Crippen molar-refractivity contribution in [2.24, 2.45) is 0 Å². The van der Waals surface area contributed by atoms with Crippen molar-refractivity contribution in [1.82, 2.24) is 0 Å². The summed E-state index contributed by atoms with van der Waals surface area (Å²) in [6.07, 6.45) is 15.5. The van der Waals surface area contributed by atoms with E-state index in [0.29, 0.717) is 7.61 Å². The van der Waals surface area contributed by atoms with Crippen LogP contribution in [0.1, 0.15) is 64.2 Å². The Morgan fingerprint density at radius 1 is 0.733 bits per heavy atom. The van der Waals surface area contributed by atoms with E-state index in [1.807, 2.05) is 0 Å². The Kier molecular flexibility index (Phi) is 5.85. The van der Waals surface area contributed by atoms with Gasteiger partial charge in [0.05, 0.1) is 0 Å². The molecule has 2 atom stereocenters. The Morgan fingerprint density at radius 3 is 1.47 bits per heavy atom. The third kappa shape index (κ3) is 3.63. The predicted octanol–water partition coefficient (Wildman–Crippen LogP) is 5.52. The fraction of sp³-hybridized carbons (Fsp3) is 1.00. The molecule has 2 aliphatic rings. The highest BCUT2D eigenvalue weighted by Gasteiger charge is 2.29. The molecule has 0 radical (unpaired) electrons. The van der Waals surface area contributed by atoms with Gasteiger partial charge < -0.3 is 0 Å². The molecule has 0 aliphatic heterocycles. The SMILES string of the molecule is PPP(C1CCCCC1)C1CCCCC1. The molecular weight excluding hydrogens is 237 g/mol. The van der Waals surface area contributed by atoms with E-state index in [4.69, 9.17) is 0 Å². The molecule has 0 bridgehead atoms. The summed E-state index contributed by atoms with van der Waals surface area (Å²) >= 11 is 0. The summed E-state index contributed by atoms with van der Waals surface area (Å²) in [5.41, 5.74) is 2.32. The minimum Gasteiger partial charge on any atom is -0.110 e. The van der Waals surface area contributed by atoms with Gasteiger partial charge in [-0.25, -0.2) is 0 Å². The van der Waals surface area contributed by atoms with Crippen LogP contribution in [0.2, 0.25) is 0 Å². The topological polar surface area (TPSA) is 0 Å². The molecule has 88 valence electrons. The fourth-order valence-electron chi connectivity index (χ4n) is 3.23. The normalized spacial score (nSPS) is 26.8. The standard InChI is InChI=1S/C12H25P3/c13-14-15(11-7-3-1-4-8-11)12-9-5-2-6-10-12/h11-12,14H,1-10,13H2. The van der Waals surface area contributed by atoms with Crippen LogP contribution in [0.5, 0.6) is 0 Å². The van der Waals surface area contributed by atoms with E-state index in [1.165, 1.54) is 46.5 Å². The Bertz CT molecular complexity index is 154. The molecule has 2 saturated carbocycles. The molecular formula is C12H25P3. The van der Waals surface area contributed by atoms with Crippen molar-refractivity contribution in [3.63, 3.8) is 0 Å². The van der Waals surface area contributed by atoms with E-state index in [0.717, 1.165) is 11.3 Å². The van der Waals surface area contributed by atoms with Crippen LogP contribution in [0.3, 0.4) is 0 Å². The summed E-state index contributed by atoms with van der Waals surface area (Å²) in [7, 11) is 4.68. The van der Waals surface area contributed by atoms with Gasteiger partial charge in [-0.15, -0.1) is 8.93 Å². The molecule has 0 aromatic rings. The smallest absolute Gasteiger partial charge is 0.0167 e. The van der Waals surface area contributed by atoms with Crippen molar-refractivity contribution in [2.75, 3.05) is 0 Å². The van der Waals surface area contributed by atoms with Gasteiger partial charge in [-0.05, 0) is 37.0 Å². The Balaban J connectivity index is 1.88. The highest BCUT2D eigenvalue weighted by molar-refractivity contribution is 8.45. The largest absolute Gasteiger partial charge is 0.110 e. The van der Waals surface area contributed by atoms with Crippen LogP contribution >= 0.6 is 24.5 Å². The van der Waals surface area contributed by atoms with E-state index in [1.54, 1.807) is 25.7 Å². The van der Waals surface area contributed by atoms with Gasteiger partial charge in [-0.1, -0.05) is 54.1 Å². The zero-order valence-corrected chi connectivity index (χ0v) is 12.8. The maximum absolute atomic E-state index is 3.09. The Hall–Kier alpha value is 1.29. The Labute approximate surface area is 100 Å². The quantitative estimate of drug-likeness (QED) is 0.588. The molecule has 0 spiro atoms. The lowest BCUT2D eigenvalue weighted by molar-refractivity contribution is 0.488. The van der Waals surface area contributed by atoms with Crippen molar-refractivity contribution < 1.29 is 0 Å². The van der Waals surface area contributed by atoms with Crippen molar-refractivity contribution in [3.05, 3.63) is 0 Å². The lowest BCUT2D eigenvalue weighted by atomic mass is 10.00. The van der Waals surface area contributed by atoms with Gasteiger partial charge in [0.25, 0.3) is 0 Å².